The van der Waals surface area contributed by atoms with Gasteiger partial charge in [-0.15, -0.1) is 0 Å². The zero-order valence-electron chi connectivity index (χ0n) is 19.7. The molecule has 0 bridgehead atoms. The summed E-state index contributed by atoms with van der Waals surface area (Å²) in [5.74, 6) is -3.55. The summed E-state index contributed by atoms with van der Waals surface area (Å²) in [6, 6.07) is 11.8. The van der Waals surface area contributed by atoms with Gasteiger partial charge in [0.2, 0.25) is 11.8 Å². The van der Waals surface area contributed by atoms with Crippen LogP contribution in [-0.4, -0.2) is 28.5 Å². The van der Waals surface area contributed by atoms with Gasteiger partial charge in [0.25, 0.3) is 0 Å². The third-order valence-corrected chi connectivity index (χ3v) is 8.90. The summed E-state index contributed by atoms with van der Waals surface area (Å²) in [5, 5.41) is 11.2. The van der Waals surface area contributed by atoms with Crippen molar-refractivity contribution in [1.29, 1.82) is 0 Å². The van der Waals surface area contributed by atoms with E-state index in [1.165, 1.54) is 17.0 Å². The highest BCUT2D eigenvalue weighted by Crippen LogP contribution is 2.56. The van der Waals surface area contributed by atoms with Gasteiger partial charge in [-0.1, -0.05) is 23.3 Å². The van der Waals surface area contributed by atoms with Crippen LogP contribution in [0.3, 0.4) is 0 Å². The van der Waals surface area contributed by atoms with Crippen LogP contribution in [0.2, 0.25) is 5.02 Å². The molecule has 1 N–H and O–H groups in total. The number of amides is 2. The van der Waals surface area contributed by atoms with Gasteiger partial charge >= 0.3 is 0 Å². The minimum Gasteiger partial charge on any atom is -0.508 e. The van der Waals surface area contributed by atoms with Gasteiger partial charge in [-0.3, -0.25) is 24.1 Å². The molecule has 6 nitrogen and oxygen atoms in total. The van der Waals surface area contributed by atoms with Crippen LogP contribution < -0.4 is 4.90 Å². The van der Waals surface area contributed by atoms with Crippen molar-refractivity contribution in [2.75, 3.05) is 4.90 Å². The van der Waals surface area contributed by atoms with Crippen LogP contribution in [0.5, 0.6) is 5.75 Å². The fraction of sp³-hybridized carbons (Fsp3) is 0.241. The molecule has 37 heavy (non-hydrogen) atoms. The molecule has 1 heterocycles. The molecule has 2 aromatic carbocycles. The van der Waals surface area contributed by atoms with Gasteiger partial charge in [-0.2, -0.15) is 0 Å². The normalized spacial score (nSPS) is 27.1. The number of nitrogens with zero attached hydrogens (tertiary/aromatic N) is 1. The second-order valence-electron chi connectivity index (χ2n) is 9.92. The van der Waals surface area contributed by atoms with Crippen LogP contribution in [0.15, 0.2) is 76.9 Å². The predicted octanol–water partition coefficient (Wildman–Crippen LogP) is 5.28. The Hall–Kier alpha value is -3.04. The van der Waals surface area contributed by atoms with Crippen molar-refractivity contribution in [3.63, 3.8) is 0 Å². The molecule has 0 radical (unpaired) electrons. The highest BCUT2D eigenvalue weighted by atomic mass is 127. The summed E-state index contributed by atoms with van der Waals surface area (Å²) in [4.78, 5) is 55.2. The molecule has 0 saturated carbocycles. The predicted molar refractivity (Wildman–Crippen MR) is 146 cm³/mol. The zero-order valence-corrected chi connectivity index (χ0v) is 22.6. The Kier molecular flexibility index (Phi) is 5.76. The van der Waals surface area contributed by atoms with Gasteiger partial charge in [0, 0.05) is 36.8 Å². The largest absolute Gasteiger partial charge is 0.508 e. The number of anilines is 1. The quantitative estimate of drug-likeness (QED) is 0.212. The third-order valence-electron chi connectivity index (χ3n) is 7.95. The number of phenols is 1. The number of phenolic OH excluding ortho intramolecular Hbond substituents is 1. The van der Waals surface area contributed by atoms with E-state index in [-0.39, 0.29) is 35.6 Å². The fourth-order valence-electron chi connectivity index (χ4n) is 6.34. The summed E-state index contributed by atoms with van der Waals surface area (Å²) in [6.07, 6.45) is 3.78. The van der Waals surface area contributed by atoms with E-state index < -0.39 is 23.7 Å². The molecule has 4 atom stereocenters. The summed E-state index contributed by atoms with van der Waals surface area (Å²) in [7, 11) is 0. The molecule has 1 fully saturated rings. The second-order valence-corrected chi connectivity index (χ2v) is 11.6. The number of ketones is 2. The summed E-state index contributed by atoms with van der Waals surface area (Å²) in [6.45, 7) is 1.60. The number of carbonyl (C=O) groups excluding carboxylic acids is 4. The number of rotatable bonds is 2. The van der Waals surface area contributed by atoms with Crippen molar-refractivity contribution < 1.29 is 24.3 Å². The highest BCUT2D eigenvalue weighted by Gasteiger charge is 2.56. The number of Topliss-reactive ketones (excluding diaryl/α,β-unsaturated/α-hetero) is 1. The van der Waals surface area contributed by atoms with Crippen LogP contribution in [0, 0.1) is 21.3 Å². The van der Waals surface area contributed by atoms with Gasteiger partial charge in [0.15, 0.2) is 11.6 Å². The molecule has 1 aliphatic heterocycles. The number of fused-ring (bicyclic) bond motifs is 3. The highest BCUT2D eigenvalue weighted by molar-refractivity contribution is 14.1. The first kappa shape index (κ1) is 24.3. The van der Waals surface area contributed by atoms with Crippen molar-refractivity contribution in [3.8, 4) is 5.75 Å². The molecule has 0 spiro atoms. The number of carbonyl (C=O) groups is 4. The lowest BCUT2D eigenvalue weighted by atomic mass is 9.59. The lowest BCUT2D eigenvalue weighted by molar-refractivity contribution is -0.123. The van der Waals surface area contributed by atoms with E-state index in [1.807, 2.05) is 18.2 Å². The monoisotopic (exact) mass is 625 g/mol. The van der Waals surface area contributed by atoms with E-state index >= 15 is 0 Å². The minimum absolute atomic E-state index is 0.0502. The van der Waals surface area contributed by atoms with Crippen LogP contribution >= 0.6 is 34.2 Å². The van der Waals surface area contributed by atoms with Gasteiger partial charge < -0.3 is 5.11 Å². The van der Waals surface area contributed by atoms with Gasteiger partial charge in [0.05, 0.1) is 17.5 Å². The number of hydrogen-bond donors (Lipinski definition) is 1. The fourth-order valence-corrected chi connectivity index (χ4v) is 6.88. The molecular weight excluding hydrogens is 605 g/mol. The van der Waals surface area contributed by atoms with Crippen molar-refractivity contribution >= 4 is 63.3 Å². The van der Waals surface area contributed by atoms with Crippen molar-refractivity contribution in [2.24, 2.45) is 17.8 Å². The molecule has 0 aromatic heterocycles. The summed E-state index contributed by atoms with van der Waals surface area (Å²) in [5.41, 5.74) is 2.72. The molecule has 4 aliphatic rings. The van der Waals surface area contributed by atoms with Gasteiger partial charge in [-0.05, 0) is 96.8 Å². The zero-order chi connectivity index (χ0) is 26.2. The maximum atomic E-state index is 13.9. The minimum atomic E-state index is -0.732. The SMILES string of the molecule is CC1=CC(=O)C2=C(C[C@@H]3C(=CC[C@@H]4C(=O)N(c5ccc(I)cc5)C(=O)[C@@H]43)[C@@H]2c2cc(Cl)ccc2O)C1=O. The van der Waals surface area contributed by atoms with E-state index in [2.05, 4.69) is 22.6 Å². The standard InChI is InChI=1S/C29H21ClINO5/c1-13-10-23(34)26-21(27(13)35)12-19-17(24(26)20-11-14(30)2-9-22(20)33)7-8-18-25(19)29(37)32(28(18)36)16-5-3-15(31)4-6-16/h2-7,9-11,18-19,24-25,33H,8,12H2,1H3/t18-,19+,24+,25-/m0/s1. The topological polar surface area (TPSA) is 91.8 Å². The van der Waals surface area contributed by atoms with E-state index in [0.717, 1.165) is 9.14 Å². The molecule has 1 saturated heterocycles. The van der Waals surface area contributed by atoms with Crippen molar-refractivity contribution in [2.45, 2.75) is 25.7 Å². The molecule has 0 unspecified atom stereocenters. The number of imide groups is 1. The van der Waals surface area contributed by atoms with E-state index in [1.54, 1.807) is 31.2 Å². The first-order chi connectivity index (χ1) is 17.7. The van der Waals surface area contributed by atoms with Crippen molar-refractivity contribution in [1.82, 2.24) is 0 Å². The van der Waals surface area contributed by atoms with E-state index in [9.17, 15) is 24.3 Å². The molecule has 2 amide bonds. The lowest BCUT2D eigenvalue weighted by Gasteiger charge is -2.42. The molecule has 3 aliphatic carbocycles. The number of aromatic hydroxyl groups is 1. The smallest absolute Gasteiger partial charge is 0.238 e. The molecule has 2 aromatic rings. The number of allylic oxidation sites excluding steroid dienone is 6. The van der Waals surface area contributed by atoms with E-state index in [4.69, 9.17) is 11.6 Å². The third kappa shape index (κ3) is 3.66. The Balaban J connectivity index is 1.50. The van der Waals surface area contributed by atoms with Gasteiger partial charge in [0.1, 0.15) is 5.75 Å². The maximum absolute atomic E-state index is 13.9. The van der Waals surface area contributed by atoms with Crippen LogP contribution in [0.1, 0.15) is 31.2 Å². The Morgan fingerprint density at radius 1 is 1.00 bits per heavy atom. The first-order valence-electron chi connectivity index (χ1n) is 12.0. The van der Waals surface area contributed by atoms with Gasteiger partial charge in [-0.25, -0.2) is 0 Å². The van der Waals surface area contributed by atoms with Crippen LogP contribution in [0.25, 0.3) is 0 Å². The average molecular weight is 626 g/mol. The van der Waals surface area contributed by atoms with Crippen molar-refractivity contribution in [3.05, 3.63) is 91.1 Å². The number of halogens is 2. The second kappa shape index (κ2) is 8.77. The van der Waals surface area contributed by atoms with E-state index in [0.29, 0.717) is 39.4 Å². The summed E-state index contributed by atoms with van der Waals surface area (Å²) < 4.78 is 0.988. The lowest BCUT2D eigenvalue weighted by Crippen LogP contribution is -2.39. The Labute approximate surface area is 231 Å². The van der Waals surface area contributed by atoms with Crippen LogP contribution in [-0.2, 0) is 19.2 Å². The molecule has 6 rings (SSSR count). The molecule has 186 valence electrons. The average Bonchev–Trinajstić information content (AvgIpc) is 3.13. The Morgan fingerprint density at radius 3 is 2.46 bits per heavy atom. The number of benzene rings is 2. The first-order valence-corrected chi connectivity index (χ1v) is 13.4. The van der Waals surface area contributed by atoms with Crippen LogP contribution in [0.4, 0.5) is 5.69 Å². The Morgan fingerprint density at radius 2 is 1.73 bits per heavy atom. The molecular formula is C29H21ClINO5. The summed E-state index contributed by atoms with van der Waals surface area (Å²) >= 11 is 8.45. The number of hydrogen-bond acceptors (Lipinski definition) is 5. The molecule has 8 heteroatoms. The maximum Gasteiger partial charge on any atom is 0.238 e. The Bertz CT molecular complexity index is 1520.